The molecule has 0 fully saturated rings. The molecule has 3 heteroatoms. The number of rotatable bonds is 5. The predicted molar refractivity (Wildman–Crippen MR) is 68.9 cm³/mol. The summed E-state index contributed by atoms with van der Waals surface area (Å²) in [4.78, 5) is 0. The van der Waals surface area contributed by atoms with Gasteiger partial charge < -0.3 is 14.8 Å². The standard InChI is InChI=1S/C14H19NO2/c1-3-8-15-10-14(2,16)13-9-11-6-4-5-7-12(11)17-13/h4-7,9,15-16H,3,8,10H2,1-2H3. The van der Waals surface area contributed by atoms with E-state index in [1.807, 2.05) is 30.3 Å². The van der Waals surface area contributed by atoms with Gasteiger partial charge >= 0.3 is 0 Å². The molecule has 1 heterocycles. The number of benzene rings is 1. The van der Waals surface area contributed by atoms with Crippen LogP contribution in [0.4, 0.5) is 0 Å². The van der Waals surface area contributed by atoms with Gasteiger partial charge in [-0.15, -0.1) is 0 Å². The van der Waals surface area contributed by atoms with Gasteiger partial charge in [0.1, 0.15) is 16.9 Å². The number of fused-ring (bicyclic) bond motifs is 1. The number of nitrogens with one attached hydrogen (secondary N) is 1. The Kier molecular flexibility index (Phi) is 3.50. The molecule has 0 bridgehead atoms. The van der Waals surface area contributed by atoms with Gasteiger partial charge in [-0.05, 0) is 32.0 Å². The van der Waals surface area contributed by atoms with E-state index in [0.29, 0.717) is 12.3 Å². The lowest BCUT2D eigenvalue weighted by Gasteiger charge is -2.20. The molecule has 0 aliphatic carbocycles. The number of hydrogen-bond acceptors (Lipinski definition) is 3. The Bertz CT molecular complexity index is 455. The fourth-order valence-electron chi connectivity index (χ4n) is 1.84. The van der Waals surface area contributed by atoms with Gasteiger partial charge in [0.2, 0.25) is 0 Å². The van der Waals surface area contributed by atoms with Gasteiger partial charge in [-0.2, -0.15) is 0 Å². The van der Waals surface area contributed by atoms with Crippen LogP contribution in [0.3, 0.4) is 0 Å². The van der Waals surface area contributed by atoms with E-state index in [0.717, 1.165) is 23.9 Å². The molecule has 0 aliphatic rings. The monoisotopic (exact) mass is 233 g/mol. The Hall–Kier alpha value is -1.32. The minimum atomic E-state index is -0.964. The van der Waals surface area contributed by atoms with Gasteiger partial charge in [-0.25, -0.2) is 0 Å². The summed E-state index contributed by atoms with van der Waals surface area (Å²) in [5.74, 6) is 0.613. The molecule has 0 spiro atoms. The molecule has 1 aromatic heterocycles. The summed E-state index contributed by atoms with van der Waals surface area (Å²) in [6.45, 7) is 5.27. The van der Waals surface area contributed by atoms with E-state index in [-0.39, 0.29) is 0 Å². The van der Waals surface area contributed by atoms with Gasteiger partial charge in [-0.1, -0.05) is 25.1 Å². The Labute approximate surface area is 101 Å². The Morgan fingerprint density at radius 2 is 2.12 bits per heavy atom. The van der Waals surface area contributed by atoms with E-state index in [1.54, 1.807) is 6.92 Å². The lowest BCUT2D eigenvalue weighted by molar-refractivity contribution is 0.0361. The van der Waals surface area contributed by atoms with Crippen LogP contribution in [-0.4, -0.2) is 18.2 Å². The minimum absolute atomic E-state index is 0.501. The van der Waals surface area contributed by atoms with E-state index in [9.17, 15) is 5.11 Å². The topological polar surface area (TPSA) is 45.4 Å². The highest BCUT2D eigenvalue weighted by molar-refractivity contribution is 5.77. The minimum Gasteiger partial charge on any atom is -0.458 e. The third-order valence-corrected chi connectivity index (χ3v) is 2.85. The van der Waals surface area contributed by atoms with E-state index in [2.05, 4.69) is 12.2 Å². The third kappa shape index (κ3) is 2.68. The molecule has 0 saturated carbocycles. The highest BCUT2D eigenvalue weighted by Crippen LogP contribution is 2.27. The molecule has 1 atom stereocenters. The zero-order valence-electron chi connectivity index (χ0n) is 10.4. The molecule has 2 rings (SSSR count). The largest absolute Gasteiger partial charge is 0.458 e. The van der Waals surface area contributed by atoms with Gasteiger partial charge in [-0.3, -0.25) is 0 Å². The van der Waals surface area contributed by atoms with Gasteiger partial charge in [0.15, 0.2) is 0 Å². The van der Waals surface area contributed by atoms with E-state index >= 15 is 0 Å². The van der Waals surface area contributed by atoms with Crippen molar-refractivity contribution in [2.45, 2.75) is 25.9 Å². The summed E-state index contributed by atoms with van der Waals surface area (Å²) in [6, 6.07) is 9.70. The normalized spacial score (nSPS) is 15.0. The zero-order chi connectivity index (χ0) is 12.3. The molecular formula is C14H19NO2. The third-order valence-electron chi connectivity index (χ3n) is 2.85. The summed E-state index contributed by atoms with van der Waals surface area (Å²) >= 11 is 0. The van der Waals surface area contributed by atoms with Crippen molar-refractivity contribution < 1.29 is 9.52 Å². The lowest BCUT2D eigenvalue weighted by Crippen LogP contribution is -2.35. The highest BCUT2D eigenvalue weighted by Gasteiger charge is 2.26. The van der Waals surface area contributed by atoms with Crippen LogP contribution in [0.2, 0.25) is 0 Å². The number of hydrogen-bond donors (Lipinski definition) is 2. The molecule has 0 saturated heterocycles. The first-order chi connectivity index (χ1) is 8.13. The molecular weight excluding hydrogens is 214 g/mol. The van der Waals surface area contributed by atoms with Gasteiger partial charge in [0.25, 0.3) is 0 Å². The molecule has 2 N–H and O–H groups in total. The van der Waals surface area contributed by atoms with Crippen LogP contribution in [0.25, 0.3) is 11.0 Å². The van der Waals surface area contributed by atoms with E-state index in [1.165, 1.54) is 0 Å². The first-order valence-corrected chi connectivity index (χ1v) is 6.05. The van der Waals surface area contributed by atoms with Crippen LogP contribution in [-0.2, 0) is 5.60 Å². The molecule has 1 unspecified atom stereocenters. The second-order valence-electron chi connectivity index (χ2n) is 4.60. The van der Waals surface area contributed by atoms with E-state index < -0.39 is 5.60 Å². The SMILES string of the molecule is CCCNCC(C)(O)c1cc2ccccc2o1. The van der Waals surface area contributed by atoms with Crippen molar-refractivity contribution in [2.75, 3.05) is 13.1 Å². The van der Waals surface area contributed by atoms with Crippen LogP contribution in [0.5, 0.6) is 0 Å². The number of para-hydroxylation sites is 1. The average Bonchev–Trinajstić information content (AvgIpc) is 2.73. The number of aliphatic hydroxyl groups is 1. The fourth-order valence-corrected chi connectivity index (χ4v) is 1.84. The van der Waals surface area contributed by atoms with Gasteiger partial charge in [0.05, 0.1) is 0 Å². The van der Waals surface area contributed by atoms with E-state index in [4.69, 9.17) is 4.42 Å². The maximum Gasteiger partial charge on any atom is 0.137 e. The smallest absolute Gasteiger partial charge is 0.137 e. The maximum absolute atomic E-state index is 10.4. The lowest BCUT2D eigenvalue weighted by atomic mass is 10.0. The molecule has 0 amide bonds. The molecule has 92 valence electrons. The van der Waals surface area contributed by atoms with Crippen molar-refractivity contribution in [3.05, 3.63) is 36.1 Å². The first-order valence-electron chi connectivity index (χ1n) is 6.05. The van der Waals surface area contributed by atoms with Crippen molar-refractivity contribution in [3.63, 3.8) is 0 Å². The Morgan fingerprint density at radius 1 is 1.35 bits per heavy atom. The summed E-state index contributed by atoms with van der Waals surface area (Å²) in [7, 11) is 0. The summed E-state index contributed by atoms with van der Waals surface area (Å²) in [5.41, 5.74) is -0.146. The Morgan fingerprint density at radius 3 is 2.82 bits per heavy atom. The Balaban J connectivity index is 2.19. The van der Waals surface area contributed by atoms with Gasteiger partial charge in [0, 0.05) is 11.9 Å². The molecule has 0 aliphatic heterocycles. The zero-order valence-corrected chi connectivity index (χ0v) is 10.4. The van der Waals surface area contributed by atoms with Crippen molar-refractivity contribution in [1.29, 1.82) is 0 Å². The van der Waals surface area contributed by atoms with Crippen molar-refractivity contribution >= 4 is 11.0 Å². The van der Waals surface area contributed by atoms with Crippen LogP contribution in [0.15, 0.2) is 34.7 Å². The first kappa shape index (κ1) is 12.1. The predicted octanol–water partition coefficient (Wildman–Crippen LogP) is 2.64. The maximum atomic E-state index is 10.4. The second-order valence-corrected chi connectivity index (χ2v) is 4.60. The van der Waals surface area contributed by atoms with Crippen LogP contribution >= 0.6 is 0 Å². The van der Waals surface area contributed by atoms with Crippen molar-refractivity contribution in [2.24, 2.45) is 0 Å². The molecule has 0 radical (unpaired) electrons. The second kappa shape index (κ2) is 4.90. The van der Waals surface area contributed by atoms with Crippen molar-refractivity contribution in [3.8, 4) is 0 Å². The van der Waals surface area contributed by atoms with Crippen LogP contribution < -0.4 is 5.32 Å². The average molecular weight is 233 g/mol. The van der Waals surface area contributed by atoms with Crippen LogP contribution in [0, 0.1) is 0 Å². The quantitative estimate of drug-likeness (QED) is 0.780. The summed E-state index contributed by atoms with van der Waals surface area (Å²) in [5, 5.41) is 14.6. The highest BCUT2D eigenvalue weighted by atomic mass is 16.4. The summed E-state index contributed by atoms with van der Waals surface area (Å²) in [6.07, 6.45) is 1.05. The summed E-state index contributed by atoms with van der Waals surface area (Å²) < 4.78 is 5.67. The molecule has 1 aromatic carbocycles. The molecule has 2 aromatic rings. The molecule has 17 heavy (non-hydrogen) atoms. The molecule has 3 nitrogen and oxygen atoms in total. The fraction of sp³-hybridized carbons (Fsp3) is 0.429. The number of furan rings is 1. The van der Waals surface area contributed by atoms with Crippen molar-refractivity contribution in [1.82, 2.24) is 5.32 Å². The van der Waals surface area contributed by atoms with Crippen LogP contribution in [0.1, 0.15) is 26.0 Å².